The maximum absolute atomic E-state index is 5.73. The van der Waals surface area contributed by atoms with Gasteiger partial charge < -0.3 is 10.1 Å². The maximum Gasteiger partial charge on any atom is 0.226 e. The third-order valence-corrected chi connectivity index (χ3v) is 3.81. The maximum atomic E-state index is 5.73. The van der Waals surface area contributed by atoms with Crippen molar-refractivity contribution in [3.8, 4) is 11.6 Å². The molecule has 3 aromatic rings. The van der Waals surface area contributed by atoms with Gasteiger partial charge in [0.15, 0.2) is 0 Å². The van der Waals surface area contributed by atoms with Gasteiger partial charge in [0.2, 0.25) is 11.8 Å². The third kappa shape index (κ3) is 3.29. The van der Waals surface area contributed by atoms with Crippen molar-refractivity contribution in [3.05, 3.63) is 72.7 Å². The van der Waals surface area contributed by atoms with Crippen molar-refractivity contribution in [2.75, 3.05) is 5.32 Å². The molecule has 4 rings (SSSR count). The second-order valence-electron chi connectivity index (χ2n) is 5.51. The van der Waals surface area contributed by atoms with Gasteiger partial charge in [-0.2, -0.15) is 4.98 Å². The van der Waals surface area contributed by atoms with E-state index in [1.54, 1.807) is 18.5 Å². The van der Waals surface area contributed by atoms with E-state index in [4.69, 9.17) is 4.74 Å². The van der Waals surface area contributed by atoms with Crippen molar-refractivity contribution in [1.82, 2.24) is 15.0 Å². The number of aromatic nitrogens is 3. The quantitative estimate of drug-likeness (QED) is 0.780. The molecule has 0 saturated heterocycles. The molecule has 0 aliphatic heterocycles. The number of benzene rings is 1. The SMILES string of the molecule is c1ccc(Oc2ccnc(N[C@@H]3C[C@H]3c3cccnc3)n2)cc1. The number of para-hydroxylation sites is 1. The summed E-state index contributed by atoms with van der Waals surface area (Å²) in [4.78, 5) is 12.9. The molecule has 2 atom stereocenters. The van der Waals surface area contributed by atoms with Crippen molar-refractivity contribution in [3.63, 3.8) is 0 Å². The largest absolute Gasteiger partial charge is 0.439 e. The van der Waals surface area contributed by atoms with Crippen LogP contribution in [0.2, 0.25) is 0 Å². The van der Waals surface area contributed by atoms with Gasteiger partial charge in [-0.15, -0.1) is 0 Å². The van der Waals surface area contributed by atoms with Gasteiger partial charge in [-0.1, -0.05) is 24.3 Å². The molecule has 5 heteroatoms. The van der Waals surface area contributed by atoms with Crippen LogP contribution >= 0.6 is 0 Å². The Hall–Kier alpha value is -2.95. The van der Waals surface area contributed by atoms with E-state index in [1.165, 1.54) is 5.56 Å². The van der Waals surface area contributed by atoms with Crippen LogP contribution < -0.4 is 10.1 Å². The number of pyridine rings is 1. The van der Waals surface area contributed by atoms with Gasteiger partial charge in [0.05, 0.1) is 0 Å². The smallest absolute Gasteiger partial charge is 0.226 e. The normalized spacial score (nSPS) is 19.1. The molecule has 5 nitrogen and oxygen atoms in total. The molecule has 2 aromatic heterocycles. The predicted molar refractivity (Wildman–Crippen MR) is 87.6 cm³/mol. The van der Waals surface area contributed by atoms with Crippen LogP contribution in [-0.2, 0) is 0 Å². The lowest BCUT2D eigenvalue weighted by molar-refractivity contribution is 0.462. The summed E-state index contributed by atoms with van der Waals surface area (Å²) < 4.78 is 5.73. The average molecular weight is 304 g/mol. The lowest BCUT2D eigenvalue weighted by Crippen LogP contribution is -2.08. The van der Waals surface area contributed by atoms with Gasteiger partial charge in [-0.05, 0) is 30.2 Å². The summed E-state index contributed by atoms with van der Waals surface area (Å²) in [6.45, 7) is 0. The first-order valence-corrected chi connectivity index (χ1v) is 7.61. The molecule has 1 saturated carbocycles. The summed E-state index contributed by atoms with van der Waals surface area (Å²) in [6, 6.07) is 15.8. The summed E-state index contributed by atoms with van der Waals surface area (Å²) in [5.41, 5.74) is 1.25. The summed E-state index contributed by atoms with van der Waals surface area (Å²) in [7, 11) is 0. The number of hydrogen-bond acceptors (Lipinski definition) is 5. The molecule has 0 amide bonds. The summed E-state index contributed by atoms with van der Waals surface area (Å²) in [5, 5.41) is 3.36. The van der Waals surface area contributed by atoms with E-state index in [-0.39, 0.29) is 0 Å². The molecule has 0 unspecified atom stereocenters. The molecule has 1 fully saturated rings. The lowest BCUT2D eigenvalue weighted by Gasteiger charge is -2.07. The summed E-state index contributed by atoms with van der Waals surface area (Å²) in [6.07, 6.45) is 6.48. The number of ether oxygens (including phenoxy) is 1. The van der Waals surface area contributed by atoms with E-state index in [2.05, 4.69) is 26.3 Å². The van der Waals surface area contributed by atoms with Crippen molar-refractivity contribution in [2.24, 2.45) is 0 Å². The van der Waals surface area contributed by atoms with Gasteiger partial charge >= 0.3 is 0 Å². The van der Waals surface area contributed by atoms with Crippen LogP contribution in [0.5, 0.6) is 11.6 Å². The average Bonchev–Trinajstić information content (AvgIpc) is 3.36. The number of anilines is 1. The van der Waals surface area contributed by atoms with Crippen LogP contribution in [0.25, 0.3) is 0 Å². The highest BCUT2D eigenvalue weighted by Gasteiger charge is 2.39. The van der Waals surface area contributed by atoms with E-state index in [0.29, 0.717) is 23.8 Å². The van der Waals surface area contributed by atoms with Crippen LogP contribution in [-0.4, -0.2) is 21.0 Å². The molecule has 0 spiro atoms. The molecule has 0 radical (unpaired) electrons. The third-order valence-electron chi connectivity index (χ3n) is 3.81. The Labute approximate surface area is 134 Å². The highest BCUT2D eigenvalue weighted by Crippen LogP contribution is 2.42. The Morgan fingerprint density at radius 1 is 1.00 bits per heavy atom. The number of hydrogen-bond donors (Lipinski definition) is 1. The van der Waals surface area contributed by atoms with Crippen molar-refractivity contribution < 1.29 is 4.74 Å². The first kappa shape index (κ1) is 13.7. The Morgan fingerprint density at radius 3 is 2.74 bits per heavy atom. The molecule has 23 heavy (non-hydrogen) atoms. The van der Waals surface area contributed by atoms with Crippen LogP contribution in [0.15, 0.2) is 67.1 Å². The van der Waals surface area contributed by atoms with Crippen molar-refractivity contribution in [2.45, 2.75) is 18.4 Å². The Kier molecular flexibility index (Phi) is 3.60. The molecular formula is C18H16N4O. The highest BCUT2D eigenvalue weighted by atomic mass is 16.5. The van der Waals surface area contributed by atoms with E-state index >= 15 is 0 Å². The monoisotopic (exact) mass is 304 g/mol. The van der Waals surface area contributed by atoms with Gasteiger partial charge in [0.25, 0.3) is 0 Å². The molecular weight excluding hydrogens is 288 g/mol. The minimum absolute atomic E-state index is 0.353. The lowest BCUT2D eigenvalue weighted by atomic mass is 10.2. The van der Waals surface area contributed by atoms with Crippen molar-refractivity contribution in [1.29, 1.82) is 0 Å². The van der Waals surface area contributed by atoms with E-state index in [0.717, 1.165) is 12.2 Å². The zero-order chi connectivity index (χ0) is 15.5. The zero-order valence-corrected chi connectivity index (χ0v) is 12.5. The first-order valence-electron chi connectivity index (χ1n) is 7.61. The molecule has 1 N–H and O–H groups in total. The van der Waals surface area contributed by atoms with E-state index < -0.39 is 0 Å². The van der Waals surface area contributed by atoms with Crippen LogP contribution in [0.4, 0.5) is 5.95 Å². The highest BCUT2D eigenvalue weighted by molar-refractivity contribution is 5.38. The minimum atomic E-state index is 0.353. The molecule has 2 heterocycles. The molecule has 1 aromatic carbocycles. The predicted octanol–water partition coefficient (Wildman–Crippen LogP) is 3.63. The van der Waals surface area contributed by atoms with Crippen LogP contribution in [0, 0.1) is 0 Å². The number of nitrogens with zero attached hydrogens (tertiary/aromatic N) is 3. The minimum Gasteiger partial charge on any atom is -0.439 e. The second kappa shape index (κ2) is 6.04. The molecule has 114 valence electrons. The topological polar surface area (TPSA) is 59.9 Å². The number of rotatable bonds is 5. The van der Waals surface area contributed by atoms with Gasteiger partial charge in [0.1, 0.15) is 5.75 Å². The summed E-state index contributed by atoms with van der Waals surface area (Å²) in [5.74, 6) is 2.37. The fraction of sp³-hybridized carbons (Fsp3) is 0.167. The Balaban J connectivity index is 1.42. The fourth-order valence-corrected chi connectivity index (χ4v) is 2.56. The van der Waals surface area contributed by atoms with Gasteiger partial charge in [0, 0.05) is 36.6 Å². The fourth-order valence-electron chi connectivity index (χ4n) is 2.56. The molecule has 1 aliphatic rings. The summed E-state index contributed by atoms with van der Waals surface area (Å²) >= 11 is 0. The van der Waals surface area contributed by atoms with Crippen LogP contribution in [0.3, 0.4) is 0 Å². The molecule has 1 aliphatic carbocycles. The number of nitrogens with one attached hydrogen (secondary N) is 1. The Bertz CT molecular complexity index is 779. The standard InChI is InChI=1S/C18H16N4O/c1-2-6-14(7-3-1)23-17-8-10-20-18(22-17)21-16-11-15(16)13-5-4-9-19-12-13/h1-10,12,15-16H,11H2,(H,20,21,22)/t15-,16+/m0/s1. The van der Waals surface area contributed by atoms with E-state index in [1.807, 2.05) is 42.6 Å². The van der Waals surface area contributed by atoms with E-state index in [9.17, 15) is 0 Å². The van der Waals surface area contributed by atoms with Crippen molar-refractivity contribution >= 4 is 5.95 Å². The molecule has 0 bridgehead atoms. The first-order chi connectivity index (χ1) is 11.4. The second-order valence-corrected chi connectivity index (χ2v) is 5.51. The van der Waals surface area contributed by atoms with Gasteiger partial charge in [-0.25, -0.2) is 4.98 Å². The van der Waals surface area contributed by atoms with Gasteiger partial charge in [-0.3, -0.25) is 4.98 Å². The zero-order valence-electron chi connectivity index (χ0n) is 12.5. The van der Waals surface area contributed by atoms with Crippen LogP contribution in [0.1, 0.15) is 17.9 Å². The Morgan fingerprint density at radius 2 is 1.91 bits per heavy atom.